The predicted octanol–water partition coefficient (Wildman–Crippen LogP) is 3.39. The van der Waals surface area contributed by atoms with Crippen LogP contribution in [0.3, 0.4) is 0 Å². The molecular weight excluding hydrogens is 508 g/mol. The van der Waals surface area contributed by atoms with E-state index in [1.54, 1.807) is 30.3 Å². The summed E-state index contributed by atoms with van der Waals surface area (Å²) in [6, 6.07) is 20.4. The number of rotatable bonds is 9. The normalized spacial score (nSPS) is 15.5. The Morgan fingerprint density at radius 1 is 1.00 bits per heavy atom. The first kappa shape index (κ1) is 27.0. The van der Waals surface area contributed by atoms with Gasteiger partial charge < -0.3 is 31.1 Å². The van der Waals surface area contributed by atoms with E-state index in [4.69, 9.17) is 16.7 Å². The van der Waals surface area contributed by atoms with Crippen molar-refractivity contribution in [2.45, 2.75) is 25.0 Å². The van der Waals surface area contributed by atoms with E-state index in [0.717, 1.165) is 5.56 Å². The lowest BCUT2D eigenvalue weighted by atomic mass is 10.1. The summed E-state index contributed by atoms with van der Waals surface area (Å²) in [5.74, 6) is -2.65. The van der Waals surface area contributed by atoms with Crippen molar-refractivity contribution in [3.8, 4) is 0 Å². The van der Waals surface area contributed by atoms with E-state index in [9.17, 15) is 19.5 Å². The summed E-state index contributed by atoms with van der Waals surface area (Å²) in [4.78, 5) is 38.9. The second-order valence-corrected chi connectivity index (χ2v) is 9.56. The minimum Gasteiger partial charge on any atom is -0.478 e. The number of nitrogens with zero attached hydrogens (tertiary/aromatic N) is 1. The molecule has 198 valence electrons. The lowest BCUT2D eigenvalue weighted by Gasteiger charge is -2.23. The highest BCUT2D eigenvalue weighted by molar-refractivity contribution is 6.40. The third kappa shape index (κ3) is 7.24. The zero-order chi connectivity index (χ0) is 27.1. The van der Waals surface area contributed by atoms with Gasteiger partial charge in [0.15, 0.2) is 0 Å². The molecule has 3 aromatic rings. The van der Waals surface area contributed by atoms with Crippen LogP contribution in [0, 0.1) is 0 Å². The number of hydrogen-bond donors (Lipinski definition) is 5. The second-order valence-electron chi connectivity index (χ2n) is 9.13. The van der Waals surface area contributed by atoms with Crippen LogP contribution in [0.2, 0.25) is 5.02 Å². The van der Waals surface area contributed by atoms with Crippen LogP contribution in [0.1, 0.15) is 22.3 Å². The fraction of sp³-hybridized carbons (Fsp3) is 0.250. The number of anilines is 3. The Morgan fingerprint density at radius 2 is 1.74 bits per heavy atom. The summed E-state index contributed by atoms with van der Waals surface area (Å²) in [7, 11) is 0. The molecule has 10 heteroatoms. The smallest absolute Gasteiger partial charge is 0.335 e. The molecule has 0 unspecified atom stereocenters. The maximum absolute atomic E-state index is 12.9. The summed E-state index contributed by atoms with van der Waals surface area (Å²) >= 11 is 6.16. The molecule has 2 amide bonds. The van der Waals surface area contributed by atoms with E-state index >= 15 is 0 Å². The monoisotopic (exact) mass is 536 g/mol. The fourth-order valence-electron chi connectivity index (χ4n) is 4.32. The lowest BCUT2D eigenvalue weighted by molar-refractivity contribution is -0.136. The van der Waals surface area contributed by atoms with Crippen LogP contribution in [0.15, 0.2) is 72.8 Å². The van der Waals surface area contributed by atoms with Gasteiger partial charge in [-0.15, -0.1) is 0 Å². The van der Waals surface area contributed by atoms with Crippen LogP contribution in [-0.2, 0) is 16.0 Å². The Labute approximate surface area is 225 Å². The number of aromatic carboxylic acids is 1. The number of carboxylic acids is 1. The van der Waals surface area contributed by atoms with Crippen molar-refractivity contribution in [3.63, 3.8) is 0 Å². The van der Waals surface area contributed by atoms with Crippen molar-refractivity contribution in [1.82, 2.24) is 5.32 Å². The van der Waals surface area contributed by atoms with E-state index in [0.29, 0.717) is 54.6 Å². The molecule has 9 nitrogen and oxygen atoms in total. The summed E-state index contributed by atoms with van der Waals surface area (Å²) in [5.41, 5.74) is 2.90. The van der Waals surface area contributed by atoms with E-state index in [1.165, 1.54) is 12.1 Å². The first-order valence-electron chi connectivity index (χ1n) is 12.2. The first-order chi connectivity index (χ1) is 18.3. The molecule has 1 aliphatic heterocycles. The van der Waals surface area contributed by atoms with Crippen molar-refractivity contribution in [2.75, 3.05) is 35.2 Å². The molecule has 0 aromatic heterocycles. The molecule has 2 atom stereocenters. The zero-order valence-electron chi connectivity index (χ0n) is 20.6. The SMILES string of the molecule is O=C(Nc1cc(Cl)ccc1N1CC[C@@H](O)C1)C(=O)N[C@H](CNc1ccc(C(=O)O)cc1)Cc1ccccc1. The zero-order valence-corrected chi connectivity index (χ0v) is 21.3. The Balaban J connectivity index is 1.44. The molecule has 0 saturated carbocycles. The largest absolute Gasteiger partial charge is 0.478 e. The number of hydrogen-bond acceptors (Lipinski definition) is 6. The Morgan fingerprint density at radius 3 is 2.39 bits per heavy atom. The number of β-amino-alcohol motifs (C(OH)–C–C–N with tert-alkyl or cyclic N) is 1. The van der Waals surface area contributed by atoms with Crippen molar-refractivity contribution in [3.05, 3.63) is 88.9 Å². The number of aliphatic hydroxyl groups excluding tert-OH is 1. The third-order valence-corrected chi connectivity index (χ3v) is 6.50. The van der Waals surface area contributed by atoms with E-state index in [1.807, 2.05) is 35.2 Å². The molecule has 0 aliphatic carbocycles. The number of carboxylic acid groups (broad SMARTS) is 1. The van der Waals surface area contributed by atoms with Crippen molar-refractivity contribution in [1.29, 1.82) is 0 Å². The second kappa shape index (κ2) is 12.4. The average molecular weight is 537 g/mol. The molecule has 1 fully saturated rings. The van der Waals surface area contributed by atoms with Crippen LogP contribution in [-0.4, -0.2) is 59.8 Å². The molecule has 0 spiro atoms. The van der Waals surface area contributed by atoms with Crippen LogP contribution >= 0.6 is 11.6 Å². The molecule has 3 aromatic carbocycles. The molecule has 5 N–H and O–H groups in total. The van der Waals surface area contributed by atoms with E-state index in [2.05, 4.69) is 16.0 Å². The Kier molecular flexibility index (Phi) is 8.83. The topological polar surface area (TPSA) is 131 Å². The van der Waals surface area contributed by atoms with E-state index < -0.39 is 29.9 Å². The molecule has 38 heavy (non-hydrogen) atoms. The maximum atomic E-state index is 12.9. The molecule has 1 heterocycles. The van der Waals surface area contributed by atoms with Crippen LogP contribution < -0.4 is 20.9 Å². The molecule has 0 radical (unpaired) electrons. The number of carbonyl (C=O) groups excluding carboxylic acids is 2. The average Bonchev–Trinajstić information content (AvgIpc) is 3.34. The Bertz CT molecular complexity index is 1290. The minimum atomic E-state index is -1.01. The van der Waals surface area contributed by atoms with Crippen molar-refractivity contribution in [2.24, 2.45) is 0 Å². The van der Waals surface area contributed by atoms with E-state index in [-0.39, 0.29) is 5.56 Å². The van der Waals surface area contributed by atoms with Gasteiger partial charge in [0, 0.05) is 30.3 Å². The van der Waals surface area contributed by atoms with Crippen LogP contribution in [0.5, 0.6) is 0 Å². The summed E-state index contributed by atoms with van der Waals surface area (Å²) < 4.78 is 0. The van der Waals surface area contributed by atoms with Crippen molar-refractivity contribution < 1.29 is 24.6 Å². The van der Waals surface area contributed by atoms with Gasteiger partial charge in [-0.05, 0) is 60.9 Å². The summed E-state index contributed by atoms with van der Waals surface area (Å²) in [5, 5.41) is 28.1. The van der Waals surface area contributed by atoms with Crippen molar-refractivity contribution >= 4 is 46.4 Å². The quantitative estimate of drug-likeness (QED) is 0.265. The number of benzene rings is 3. The van der Waals surface area contributed by atoms with Gasteiger partial charge in [-0.1, -0.05) is 41.9 Å². The third-order valence-electron chi connectivity index (χ3n) is 6.26. The highest BCUT2D eigenvalue weighted by atomic mass is 35.5. The van der Waals surface area contributed by atoms with Crippen LogP contribution in [0.25, 0.3) is 0 Å². The Hall–Kier alpha value is -4.08. The number of carbonyl (C=O) groups is 3. The molecule has 4 rings (SSSR count). The van der Waals surface area contributed by atoms with Gasteiger partial charge in [0.05, 0.1) is 29.1 Å². The van der Waals surface area contributed by atoms with Crippen LogP contribution in [0.4, 0.5) is 17.1 Å². The van der Waals surface area contributed by atoms with Gasteiger partial charge in [0.1, 0.15) is 0 Å². The standard InChI is InChI=1S/C28H29ClN4O5/c29-20-8-11-25(33-13-12-23(34)17-33)24(15-20)32-27(36)26(35)31-22(14-18-4-2-1-3-5-18)16-30-21-9-6-19(7-10-21)28(37)38/h1-11,15,22-23,30,34H,12-14,16-17H2,(H,31,35)(H,32,36)(H,37,38)/t22-,23+/m0/s1. The number of halogens is 1. The molecular formula is C28H29ClN4O5. The van der Waals surface area contributed by atoms with Gasteiger partial charge in [-0.2, -0.15) is 0 Å². The highest BCUT2D eigenvalue weighted by Gasteiger charge is 2.25. The molecule has 0 bridgehead atoms. The molecule has 1 saturated heterocycles. The van der Waals surface area contributed by atoms with Gasteiger partial charge in [-0.25, -0.2) is 4.79 Å². The highest BCUT2D eigenvalue weighted by Crippen LogP contribution is 2.31. The fourth-order valence-corrected chi connectivity index (χ4v) is 4.49. The van der Waals surface area contributed by atoms with Gasteiger partial charge in [0.2, 0.25) is 0 Å². The van der Waals surface area contributed by atoms with Gasteiger partial charge in [0.25, 0.3) is 0 Å². The summed E-state index contributed by atoms with van der Waals surface area (Å²) in [6.45, 7) is 1.35. The molecule has 1 aliphatic rings. The number of nitrogens with one attached hydrogen (secondary N) is 3. The number of aliphatic hydroxyl groups is 1. The first-order valence-corrected chi connectivity index (χ1v) is 12.6. The van der Waals surface area contributed by atoms with Gasteiger partial charge in [-0.3, -0.25) is 9.59 Å². The predicted molar refractivity (Wildman–Crippen MR) is 147 cm³/mol. The summed E-state index contributed by atoms with van der Waals surface area (Å²) in [6.07, 6.45) is 0.627. The number of amides is 2. The lowest BCUT2D eigenvalue weighted by Crippen LogP contribution is -2.46. The maximum Gasteiger partial charge on any atom is 0.335 e. The van der Waals surface area contributed by atoms with Gasteiger partial charge >= 0.3 is 17.8 Å². The minimum absolute atomic E-state index is 0.171.